The Hall–Kier alpha value is -2.40. The Kier molecular flexibility index (Phi) is 5.89. The Morgan fingerprint density at radius 2 is 1.81 bits per heavy atom. The van der Waals surface area contributed by atoms with Gasteiger partial charge < -0.3 is 10.6 Å². The molecule has 0 unspecified atom stereocenters. The third-order valence-electron chi connectivity index (χ3n) is 5.20. The molecular formula is C21H27N3O2. The van der Waals surface area contributed by atoms with Crippen LogP contribution in [0.4, 0.5) is 5.69 Å². The third kappa shape index (κ3) is 4.41. The first-order valence-corrected chi connectivity index (χ1v) is 9.33. The monoisotopic (exact) mass is 353 g/mol. The lowest BCUT2D eigenvalue weighted by Crippen LogP contribution is -2.48. The molecule has 0 saturated heterocycles. The van der Waals surface area contributed by atoms with Crippen LogP contribution in [-0.2, 0) is 9.59 Å². The minimum Gasteiger partial charge on any atom is -0.352 e. The lowest BCUT2D eigenvalue weighted by atomic mass is 10.1. The summed E-state index contributed by atoms with van der Waals surface area (Å²) in [6, 6.07) is 13.8. The summed E-state index contributed by atoms with van der Waals surface area (Å²) in [7, 11) is 1.81. The molecule has 0 spiro atoms. The van der Waals surface area contributed by atoms with Gasteiger partial charge in [-0.3, -0.25) is 14.5 Å². The summed E-state index contributed by atoms with van der Waals surface area (Å²) in [5.41, 5.74) is 0.796. The van der Waals surface area contributed by atoms with E-state index >= 15 is 0 Å². The molecule has 1 saturated carbocycles. The molecule has 138 valence electrons. The van der Waals surface area contributed by atoms with Crippen molar-refractivity contribution >= 4 is 28.3 Å². The molecule has 2 amide bonds. The molecule has 0 heterocycles. The highest BCUT2D eigenvalue weighted by atomic mass is 16.2. The minimum atomic E-state index is -0.339. The number of hydrogen-bond acceptors (Lipinski definition) is 3. The van der Waals surface area contributed by atoms with Gasteiger partial charge in [-0.25, -0.2) is 0 Å². The van der Waals surface area contributed by atoms with E-state index in [4.69, 9.17) is 0 Å². The number of hydrogen-bond donors (Lipinski definition) is 2. The van der Waals surface area contributed by atoms with E-state index in [1.807, 2.05) is 56.4 Å². The molecule has 2 aromatic rings. The molecule has 3 rings (SSSR count). The number of likely N-dealkylation sites (N-methyl/N-ethyl adjacent to an activating group) is 1. The molecule has 5 heteroatoms. The molecule has 1 fully saturated rings. The Morgan fingerprint density at radius 3 is 2.58 bits per heavy atom. The third-order valence-corrected chi connectivity index (χ3v) is 5.20. The van der Waals surface area contributed by atoms with Crippen LogP contribution in [0.5, 0.6) is 0 Å². The second kappa shape index (κ2) is 8.32. The van der Waals surface area contributed by atoms with Gasteiger partial charge in [-0.1, -0.05) is 49.2 Å². The van der Waals surface area contributed by atoms with Crippen LogP contribution < -0.4 is 10.6 Å². The maximum absolute atomic E-state index is 12.5. The molecule has 0 radical (unpaired) electrons. The average molecular weight is 353 g/mol. The summed E-state index contributed by atoms with van der Waals surface area (Å²) in [4.78, 5) is 26.6. The summed E-state index contributed by atoms with van der Waals surface area (Å²) in [6.45, 7) is 2.01. The van der Waals surface area contributed by atoms with Crippen LogP contribution in [0.25, 0.3) is 10.8 Å². The number of nitrogens with one attached hydrogen (secondary N) is 2. The van der Waals surface area contributed by atoms with Crippen molar-refractivity contribution in [3.63, 3.8) is 0 Å². The van der Waals surface area contributed by atoms with Crippen molar-refractivity contribution in [2.75, 3.05) is 18.9 Å². The number of carbonyl (C=O) groups is 2. The van der Waals surface area contributed by atoms with Crippen LogP contribution >= 0.6 is 0 Å². The fourth-order valence-corrected chi connectivity index (χ4v) is 3.48. The second-order valence-corrected chi connectivity index (χ2v) is 7.16. The van der Waals surface area contributed by atoms with Gasteiger partial charge in [0.2, 0.25) is 11.8 Å². The van der Waals surface area contributed by atoms with Crippen LogP contribution in [0.2, 0.25) is 0 Å². The number of fused-ring (bicyclic) bond motifs is 1. The van der Waals surface area contributed by atoms with Crippen molar-refractivity contribution in [2.24, 2.45) is 0 Å². The first-order chi connectivity index (χ1) is 12.5. The quantitative estimate of drug-likeness (QED) is 0.839. The van der Waals surface area contributed by atoms with E-state index in [-0.39, 0.29) is 24.4 Å². The highest BCUT2D eigenvalue weighted by Crippen LogP contribution is 2.23. The second-order valence-electron chi connectivity index (χ2n) is 7.16. The van der Waals surface area contributed by atoms with E-state index in [1.165, 1.54) is 12.8 Å². The topological polar surface area (TPSA) is 61.4 Å². The van der Waals surface area contributed by atoms with Gasteiger partial charge in [0.25, 0.3) is 0 Å². The zero-order valence-corrected chi connectivity index (χ0v) is 15.5. The van der Waals surface area contributed by atoms with Gasteiger partial charge in [-0.05, 0) is 38.3 Å². The zero-order chi connectivity index (χ0) is 18.5. The van der Waals surface area contributed by atoms with Gasteiger partial charge in [-0.15, -0.1) is 0 Å². The molecule has 2 aromatic carbocycles. The number of benzene rings is 2. The normalized spacial score (nSPS) is 16.0. The summed E-state index contributed by atoms with van der Waals surface area (Å²) >= 11 is 0. The van der Waals surface area contributed by atoms with Crippen molar-refractivity contribution in [1.29, 1.82) is 0 Å². The first-order valence-electron chi connectivity index (χ1n) is 9.33. The molecule has 1 aliphatic rings. The average Bonchev–Trinajstić information content (AvgIpc) is 3.14. The van der Waals surface area contributed by atoms with E-state index < -0.39 is 0 Å². The van der Waals surface area contributed by atoms with Crippen LogP contribution in [0.1, 0.15) is 32.6 Å². The van der Waals surface area contributed by atoms with Gasteiger partial charge in [-0.2, -0.15) is 0 Å². The Labute approximate surface area is 154 Å². The highest BCUT2D eigenvalue weighted by Gasteiger charge is 2.24. The number of carbonyl (C=O) groups excluding carboxylic acids is 2. The van der Waals surface area contributed by atoms with Gasteiger partial charge in [0, 0.05) is 17.1 Å². The number of nitrogens with zero attached hydrogens (tertiary/aromatic N) is 1. The van der Waals surface area contributed by atoms with Crippen LogP contribution in [0, 0.1) is 0 Å². The number of anilines is 1. The standard InChI is InChI=1S/C21H27N3O2/c1-15(21(26)22-17-10-4-5-11-17)24(2)14-20(25)23-19-13-7-9-16-8-3-6-12-18(16)19/h3,6-9,12-13,15,17H,4-5,10-11,14H2,1-2H3,(H,22,26)(H,23,25)/t15-/m0/s1. The van der Waals surface area contributed by atoms with Crippen molar-refractivity contribution < 1.29 is 9.59 Å². The molecule has 1 aliphatic carbocycles. The first kappa shape index (κ1) is 18.4. The smallest absolute Gasteiger partial charge is 0.238 e. The fourth-order valence-electron chi connectivity index (χ4n) is 3.48. The summed E-state index contributed by atoms with van der Waals surface area (Å²) in [6.07, 6.45) is 4.48. The molecule has 1 atom stereocenters. The SMILES string of the molecule is C[C@@H](C(=O)NC1CCCC1)N(C)CC(=O)Nc1cccc2ccccc12. The predicted octanol–water partition coefficient (Wildman–Crippen LogP) is 3.16. The minimum absolute atomic E-state index is 0.00244. The molecule has 26 heavy (non-hydrogen) atoms. The Bertz CT molecular complexity index is 778. The Morgan fingerprint density at radius 1 is 1.12 bits per heavy atom. The molecule has 0 aromatic heterocycles. The van der Waals surface area contributed by atoms with Crippen molar-refractivity contribution in [3.05, 3.63) is 42.5 Å². The van der Waals surface area contributed by atoms with Crippen LogP contribution in [0.3, 0.4) is 0 Å². The largest absolute Gasteiger partial charge is 0.352 e. The maximum Gasteiger partial charge on any atom is 0.238 e. The van der Waals surface area contributed by atoms with Gasteiger partial charge >= 0.3 is 0 Å². The van der Waals surface area contributed by atoms with Crippen molar-refractivity contribution in [1.82, 2.24) is 10.2 Å². The molecule has 0 aliphatic heterocycles. The van der Waals surface area contributed by atoms with Crippen molar-refractivity contribution in [3.8, 4) is 0 Å². The van der Waals surface area contributed by atoms with Gasteiger partial charge in [0.15, 0.2) is 0 Å². The fraction of sp³-hybridized carbons (Fsp3) is 0.429. The molecular weight excluding hydrogens is 326 g/mol. The van der Waals surface area contributed by atoms with E-state index in [9.17, 15) is 9.59 Å². The van der Waals surface area contributed by atoms with Gasteiger partial charge in [0.05, 0.1) is 12.6 Å². The number of rotatable bonds is 6. The lowest BCUT2D eigenvalue weighted by molar-refractivity contribution is -0.127. The predicted molar refractivity (Wildman–Crippen MR) is 105 cm³/mol. The summed E-state index contributed by atoms with van der Waals surface area (Å²) < 4.78 is 0. The van der Waals surface area contributed by atoms with Crippen LogP contribution in [0.15, 0.2) is 42.5 Å². The zero-order valence-electron chi connectivity index (χ0n) is 15.5. The summed E-state index contributed by atoms with van der Waals surface area (Å²) in [5, 5.41) is 8.16. The molecule has 5 nitrogen and oxygen atoms in total. The highest BCUT2D eigenvalue weighted by molar-refractivity contribution is 6.02. The Balaban J connectivity index is 1.57. The molecule has 0 bridgehead atoms. The van der Waals surface area contributed by atoms with Crippen molar-refractivity contribution in [2.45, 2.75) is 44.7 Å². The molecule has 2 N–H and O–H groups in total. The van der Waals surface area contributed by atoms with Crippen LogP contribution in [-0.4, -0.2) is 42.4 Å². The maximum atomic E-state index is 12.5. The van der Waals surface area contributed by atoms with E-state index in [2.05, 4.69) is 10.6 Å². The van der Waals surface area contributed by atoms with E-state index in [1.54, 1.807) is 4.90 Å². The van der Waals surface area contributed by atoms with E-state index in [0.29, 0.717) is 6.04 Å². The van der Waals surface area contributed by atoms with Gasteiger partial charge in [0.1, 0.15) is 0 Å². The lowest BCUT2D eigenvalue weighted by Gasteiger charge is -2.25. The van der Waals surface area contributed by atoms with E-state index in [0.717, 1.165) is 29.3 Å². The number of amides is 2. The summed E-state index contributed by atoms with van der Waals surface area (Å²) in [5.74, 6) is -0.123.